The number of carboxylic acids is 1. The molecule has 0 fully saturated rings. The Bertz CT molecular complexity index is 1250. The predicted octanol–water partition coefficient (Wildman–Crippen LogP) is 17.4. The van der Waals surface area contributed by atoms with E-state index in [1.54, 1.807) is 0 Å². The fraction of sp³-hybridized carbons (Fsp3) is 0.891. The minimum Gasteiger partial charge on any atom is -0.545 e. The number of quaternary nitrogens is 1. The first-order valence-electron chi connectivity index (χ1n) is 31.5. The van der Waals surface area contributed by atoms with E-state index in [2.05, 4.69) is 38.2 Å². The summed E-state index contributed by atoms with van der Waals surface area (Å²) in [7, 11) is 5.93. The third kappa shape index (κ3) is 57.3. The van der Waals surface area contributed by atoms with Crippen molar-refractivity contribution in [1.29, 1.82) is 0 Å². The van der Waals surface area contributed by atoms with Crippen LogP contribution < -0.4 is 5.11 Å². The van der Waals surface area contributed by atoms with Crippen molar-refractivity contribution in [3.63, 3.8) is 0 Å². The third-order valence-electron chi connectivity index (χ3n) is 14.2. The molecule has 0 aromatic heterocycles. The highest BCUT2D eigenvalue weighted by atomic mass is 16.7. The number of ether oxygens (including phenoxy) is 4. The largest absolute Gasteiger partial charge is 0.545 e. The van der Waals surface area contributed by atoms with Crippen molar-refractivity contribution in [3.8, 4) is 0 Å². The Balaban J connectivity index is 4.09. The number of carboxylic acid groups (broad SMARTS) is 1. The van der Waals surface area contributed by atoms with Gasteiger partial charge in [-0.2, -0.15) is 0 Å². The number of likely N-dealkylation sites (N-methyl/N-ethyl adjacent to an activating group) is 1. The van der Waals surface area contributed by atoms with Gasteiger partial charge < -0.3 is 33.3 Å². The quantitative estimate of drug-likeness (QED) is 0.0195. The van der Waals surface area contributed by atoms with E-state index in [0.29, 0.717) is 17.4 Å². The number of hydrogen-bond donors (Lipinski definition) is 0. The Labute approximate surface area is 452 Å². The highest BCUT2D eigenvalue weighted by Gasteiger charge is 2.22. The van der Waals surface area contributed by atoms with Crippen molar-refractivity contribution in [2.24, 2.45) is 0 Å². The van der Waals surface area contributed by atoms with Gasteiger partial charge in [0.05, 0.1) is 40.3 Å². The van der Waals surface area contributed by atoms with Crippen molar-refractivity contribution in [2.45, 2.75) is 322 Å². The Morgan fingerprint density at radius 3 is 1.01 bits per heavy atom. The summed E-state index contributed by atoms with van der Waals surface area (Å²) < 4.78 is 22.7. The van der Waals surface area contributed by atoms with Crippen LogP contribution in [-0.4, -0.2) is 82.3 Å². The second-order valence-corrected chi connectivity index (χ2v) is 22.7. The summed E-state index contributed by atoms with van der Waals surface area (Å²) in [6.45, 7) is 4.79. The average Bonchev–Trinajstić information content (AvgIpc) is 3.36. The molecule has 0 aliphatic carbocycles. The number of aliphatic carboxylic acids is 1. The van der Waals surface area contributed by atoms with E-state index in [0.717, 1.165) is 38.5 Å². The maximum Gasteiger partial charge on any atom is 0.306 e. The Hall–Kier alpha value is -2.23. The van der Waals surface area contributed by atoms with Crippen LogP contribution in [0.25, 0.3) is 0 Å². The summed E-state index contributed by atoms with van der Waals surface area (Å²) in [6, 6.07) is 0. The monoisotopic (exact) mass is 1030 g/mol. The number of rotatable bonds is 59. The maximum absolute atomic E-state index is 12.9. The third-order valence-corrected chi connectivity index (χ3v) is 14.2. The fourth-order valence-corrected chi connectivity index (χ4v) is 9.29. The van der Waals surface area contributed by atoms with Crippen molar-refractivity contribution in [3.05, 3.63) is 24.3 Å². The molecule has 0 N–H and O–H groups in total. The Morgan fingerprint density at radius 1 is 0.397 bits per heavy atom. The molecule has 0 spiro atoms. The summed E-state index contributed by atoms with van der Waals surface area (Å²) >= 11 is 0. The van der Waals surface area contributed by atoms with Gasteiger partial charge in [0.25, 0.3) is 0 Å². The molecule has 9 nitrogen and oxygen atoms in total. The van der Waals surface area contributed by atoms with E-state index < -0.39 is 24.3 Å². The topological polar surface area (TPSA) is 111 Å². The Kier molecular flexibility index (Phi) is 54.3. The van der Waals surface area contributed by atoms with Crippen LogP contribution in [0.3, 0.4) is 0 Å². The molecule has 0 aromatic rings. The molecule has 0 bridgehead atoms. The molecule has 0 saturated heterocycles. The highest BCUT2D eigenvalue weighted by molar-refractivity contribution is 5.70. The minimum atomic E-state index is -1.62. The second kappa shape index (κ2) is 56.0. The number of carbonyl (C=O) groups excluding carboxylic acids is 3. The van der Waals surface area contributed by atoms with E-state index in [-0.39, 0.29) is 32.2 Å². The average molecular weight is 1030 g/mol. The lowest BCUT2D eigenvalue weighted by Crippen LogP contribution is -2.44. The van der Waals surface area contributed by atoms with E-state index in [1.807, 2.05) is 21.1 Å². The molecular formula is C64H121NO8. The van der Waals surface area contributed by atoms with Gasteiger partial charge in [-0.05, 0) is 64.2 Å². The van der Waals surface area contributed by atoms with Gasteiger partial charge in [-0.3, -0.25) is 9.59 Å². The van der Waals surface area contributed by atoms with Crippen LogP contribution >= 0.6 is 0 Å². The smallest absolute Gasteiger partial charge is 0.306 e. The maximum atomic E-state index is 12.9. The van der Waals surface area contributed by atoms with Crippen molar-refractivity contribution < 1.29 is 42.9 Å². The lowest BCUT2D eigenvalue weighted by atomic mass is 10.0. The first-order valence-corrected chi connectivity index (χ1v) is 31.5. The zero-order valence-electron chi connectivity index (χ0n) is 49.0. The van der Waals surface area contributed by atoms with E-state index in [9.17, 15) is 19.5 Å². The molecule has 0 rings (SSSR count). The molecule has 0 radical (unpaired) electrons. The number of nitrogens with zero attached hydrogens (tertiary/aromatic N) is 1. The molecule has 430 valence electrons. The minimum absolute atomic E-state index is 0.150. The van der Waals surface area contributed by atoms with Gasteiger partial charge in [-0.15, -0.1) is 0 Å². The zero-order valence-corrected chi connectivity index (χ0v) is 49.0. The summed E-state index contributed by atoms with van der Waals surface area (Å²) in [5.74, 6) is -2.27. The number of allylic oxidation sites excluding steroid dienone is 4. The standard InChI is InChI=1S/C64H121NO8/c1-6-8-10-12-14-16-18-20-22-24-25-26-27-28-29-30-31-32-33-34-35-36-37-39-41-43-45-47-49-51-53-55-62(67)73-60(59-72-64(63(68)69)70-57-56-65(3,4)5)58-71-61(66)54-52-50-48-46-44-42-40-38-23-21-19-17-15-13-11-9-7-2/h21,23-25,60,64H,6-20,22,26-59H2,1-5H3/b23-21-,25-24-. The second-order valence-electron chi connectivity index (χ2n) is 22.7. The molecule has 0 aromatic carbocycles. The fourth-order valence-electron chi connectivity index (χ4n) is 9.29. The lowest BCUT2D eigenvalue weighted by molar-refractivity contribution is -0.870. The molecule has 0 amide bonds. The summed E-state index contributed by atoms with van der Waals surface area (Å²) in [4.78, 5) is 37.3. The normalized spacial score (nSPS) is 12.8. The van der Waals surface area contributed by atoms with Gasteiger partial charge in [0.2, 0.25) is 0 Å². The zero-order chi connectivity index (χ0) is 53.4. The molecule has 0 aliphatic heterocycles. The molecular weight excluding hydrogens is 911 g/mol. The van der Waals surface area contributed by atoms with Crippen LogP contribution in [0.1, 0.15) is 309 Å². The summed E-state index contributed by atoms with van der Waals surface area (Å²) in [6.07, 6.45) is 63.9. The molecule has 2 unspecified atom stereocenters. The van der Waals surface area contributed by atoms with Crippen molar-refractivity contribution in [2.75, 3.05) is 47.5 Å². The van der Waals surface area contributed by atoms with Gasteiger partial charge in [0.15, 0.2) is 12.4 Å². The van der Waals surface area contributed by atoms with Crippen LogP contribution in [0.5, 0.6) is 0 Å². The number of hydrogen-bond acceptors (Lipinski definition) is 8. The Morgan fingerprint density at radius 2 is 0.699 bits per heavy atom. The van der Waals surface area contributed by atoms with Crippen LogP contribution in [0.2, 0.25) is 0 Å². The summed E-state index contributed by atoms with van der Waals surface area (Å²) in [5, 5.41) is 11.8. The molecule has 0 heterocycles. The molecule has 0 saturated carbocycles. The van der Waals surface area contributed by atoms with Crippen LogP contribution in [0.4, 0.5) is 0 Å². The molecule has 9 heteroatoms. The predicted molar refractivity (Wildman–Crippen MR) is 306 cm³/mol. The molecule has 0 aliphatic rings. The van der Waals surface area contributed by atoms with E-state index in [4.69, 9.17) is 18.9 Å². The van der Waals surface area contributed by atoms with Crippen LogP contribution in [0.15, 0.2) is 24.3 Å². The van der Waals surface area contributed by atoms with Gasteiger partial charge >= 0.3 is 11.9 Å². The number of carbonyl (C=O) groups is 3. The SMILES string of the molecule is CCCCCCCC/C=C\CCCCCCCCCC(=O)OCC(COC(OCC[N+](C)(C)C)C(=O)[O-])OC(=O)CCCCCCCCCCCCCCCCCCCCC/C=C\CCCCCCCCCC. The van der Waals surface area contributed by atoms with Gasteiger partial charge in [0, 0.05) is 12.8 Å². The van der Waals surface area contributed by atoms with Crippen LogP contribution in [0, 0.1) is 0 Å². The first-order chi connectivity index (χ1) is 35.6. The number of esters is 2. The van der Waals surface area contributed by atoms with Crippen LogP contribution in [-0.2, 0) is 33.3 Å². The molecule has 73 heavy (non-hydrogen) atoms. The first kappa shape index (κ1) is 70.8. The van der Waals surface area contributed by atoms with Gasteiger partial charge in [-0.1, -0.05) is 256 Å². The highest BCUT2D eigenvalue weighted by Crippen LogP contribution is 2.17. The van der Waals surface area contributed by atoms with E-state index >= 15 is 0 Å². The van der Waals surface area contributed by atoms with E-state index in [1.165, 1.54) is 244 Å². The lowest BCUT2D eigenvalue weighted by Gasteiger charge is -2.26. The van der Waals surface area contributed by atoms with Crippen molar-refractivity contribution >= 4 is 17.9 Å². The number of unbranched alkanes of at least 4 members (excludes halogenated alkanes) is 40. The van der Waals surface area contributed by atoms with Crippen molar-refractivity contribution in [1.82, 2.24) is 0 Å². The van der Waals surface area contributed by atoms with Gasteiger partial charge in [0.1, 0.15) is 13.2 Å². The molecule has 2 atom stereocenters. The van der Waals surface area contributed by atoms with Gasteiger partial charge in [-0.25, -0.2) is 0 Å². The summed E-state index contributed by atoms with van der Waals surface area (Å²) in [5.41, 5.74) is 0.